The normalized spacial score (nSPS) is 11.9. The van der Waals surface area contributed by atoms with Crippen LogP contribution >= 0.6 is 0 Å². The van der Waals surface area contributed by atoms with Crippen molar-refractivity contribution in [3.05, 3.63) is 142 Å². The van der Waals surface area contributed by atoms with Crippen LogP contribution in [0, 0.1) is 0 Å². The highest BCUT2D eigenvalue weighted by Crippen LogP contribution is 2.36. The third-order valence-electron chi connectivity index (χ3n) is 9.47. The summed E-state index contributed by atoms with van der Waals surface area (Å²) in [6.45, 7) is 0. The molecule has 9 aromatic rings. The fourth-order valence-corrected chi connectivity index (χ4v) is 7.30. The lowest BCUT2D eigenvalue weighted by molar-refractivity contribution is 0.994. The molecular weight excluding hydrogens is 568 g/mol. The van der Waals surface area contributed by atoms with Crippen LogP contribution in [0.25, 0.3) is 87.4 Å². The van der Waals surface area contributed by atoms with E-state index in [1.807, 2.05) is 133 Å². The van der Waals surface area contributed by atoms with Crippen molar-refractivity contribution in [1.82, 2.24) is 19.1 Å². The minimum absolute atomic E-state index is 0.0702. The fourth-order valence-electron chi connectivity index (χ4n) is 7.30. The topological polar surface area (TPSA) is 69.8 Å². The van der Waals surface area contributed by atoms with Gasteiger partial charge in [0.15, 0.2) is 10.9 Å². The van der Waals surface area contributed by atoms with E-state index in [0.29, 0.717) is 32.6 Å². The summed E-state index contributed by atoms with van der Waals surface area (Å²) in [4.78, 5) is 37.6. The monoisotopic (exact) mass is 594 g/mol. The highest BCUT2D eigenvalue weighted by atomic mass is 16.1. The van der Waals surface area contributed by atoms with Crippen LogP contribution in [0.4, 0.5) is 0 Å². The van der Waals surface area contributed by atoms with Gasteiger partial charge in [0.1, 0.15) is 0 Å². The molecule has 0 saturated carbocycles. The van der Waals surface area contributed by atoms with E-state index >= 15 is 0 Å². The standard InChI is InChI=1S/C40H26N4O2/c1-43-35-17-32-36(44(2)38-28(14-8-16-30(38)40(32)46)34-22-42-20-24-10-4-6-12-26(24)34)18-31(35)39(45)29-15-7-13-27(37(29)43)33-21-41-19-23-9-3-5-11-25(23)33/h3-22H,1-2H3. The number of hydrogen-bond acceptors (Lipinski definition) is 4. The van der Waals surface area contributed by atoms with Crippen LogP contribution in [0.15, 0.2) is 131 Å². The molecule has 0 radical (unpaired) electrons. The van der Waals surface area contributed by atoms with E-state index in [-0.39, 0.29) is 10.9 Å². The summed E-state index contributed by atoms with van der Waals surface area (Å²) in [5.41, 5.74) is 6.63. The summed E-state index contributed by atoms with van der Waals surface area (Å²) in [5.74, 6) is 0. The van der Waals surface area contributed by atoms with Crippen molar-refractivity contribution in [2.24, 2.45) is 14.1 Å². The van der Waals surface area contributed by atoms with Crippen molar-refractivity contribution in [3.8, 4) is 22.3 Å². The summed E-state index contributed by atoms with van der Waals surface area (Å²) in [5, 5.41) is 6.55. The van der Waals surface area contributed by atoms with Gasteiger partial charge < -0.3 is 9.13 Å². The van der Waals surface area contributed by atoms with Gasteiger partial charge in [0.25, 0.3) is 0 Å². The highest BCUT2D eigenvalue weighted by molar-refractivity contribution is 6.11. The first kappa shape index (κ1) is 26.3. The Labute approximate surface area is 262 Å². The van der Waals surface area contributed by atoms with Crippen LogP contribution in [0.2, 0.25) is 0 Å². The molecule has 0 aliphatic carbocycles. The number of nitrogens with zero attached hydrogens (tertiary/aromatic N) is 4. The van der Waals surface area contributed by atoms with Crippen molar-refractivity contribution < 1.29 is 0 Å². The molecule has 4 heterocycles. The average molecular weight is 595 g/mol. The molecule has 4 aromatic heterocycles. The summed E-state index contributed by atoms with van der Waals surface area (Å²) >= 11 is 0. The van der Waals surface area contributed by atoms with Gasteiger partial charge in [-0.15, -0.1) is 0 Å². The van der Waals surface area contributed by atoms with E-state index < -0.39 is 0 Å². The summed E-state index contributed by atoms with van der Waals surface area (Å²) < 4.78 is 4.09. The first-order valence-electron chi connectivity index (χ1n) is 15.2. The Kier molecular flexibility index (Phi) is 5.53. The number of para-hydroxylation sites is 2. The third-order valence-corrected chi connectivity index (χ3v) is 9.47. The zero-order valence-electron chi connectivity index (χ0n) is 25.2. The predicted octanol–water partition coefficient (Wildman–Crippen LogP) is 8.13. The van der Waals surface area contributed by atoms with Crippen LogP contribution in [-0.2, 0) is 14.1 Å². The average Bonchev–Trinajstić information content (AvgIpc) is 3.11. The lowest BCUT2D eigenvalue weighted by Crippen LogP contribution is -2.14. The van der Waals surface area contributed by atoms with Crippen molar-refractivity contribution in [2.75, 3.05) is 0 Å². The highest BCUT2D eigenvalue weighted by Gasteiger charge is 2.19. The molecule has 0 aliphatic heterocycles. The largest absolute Gasteiger partial charge is 0.343 e. The van der Waals surface area contributed by atoms with Crippen LogP contribution in [0.3, 0.4) is 0 Å². The maximum atomic E-state index is 14.3. The van der Waals surface area contributed by atoms with Gasteiger partial charge >= 0.3 is 0 Å². The van der Waals surface area contributed by atoms with Gasteiger partial charge in [-0.25, -0.2) is 0 Å². The molecule has 46 heavy (non-hydrogen) atoms. The van der Waals surface area contributed by atoms with E-state index in [4.69, 9.17) is 0 Å². The Morgan fingerprint density at radius 1 is 0.435 bits per heavy atom. The molecular formula is C40H26N4O2. The summed E-state index contributed by atoms with van der Waals surface area (Å²) in [7, 11) is 3.93. The fraction of sp³-hybridized carbons (Fsp3) is 0.0500. The molecule has 0 amide bonds. The van der Waals surface area contributed by atoms with Gasteiger partial charge in [-0.2, -0.15) is 0 Å². The number of hydrogen-bond donors (Lipinski definition) is 0. The van der Waals surface area contributed by atoms with Crippen molar-refractivity contribution >= 4 is 65.2 Å². The van der Waals surface area contributed by atoms with E-state index in [2.05, 4.69) is 22.1 Å². The molecule has 9 rings (SSSR count). The Morgan fingerprint density at radius 3 is 1.30 bits per heavy atom. The molecule has 0 bridgehead atoms. The second kappa shape index (κ2) is 9.68. The van der Waals surface area contributed by atoms with Crippen molar-refractivity contribution in [3.63, 3.8) is 0 Å². The number of fused-ring (bicyclic) bond motifs is 6. The predicted molar refractivity (Wildman–Crippen MR) is 188 cm³/mol. The Morgan fingerprint density at radius 2 is 0.848 bits per heavy atom. The van der Waals surface area contributed by atoms with Gasteiger partial charge in [0.05, 0.1) is 22.1 Å². The van der Waals surface area contributed by atoms with Crippen molar-refractivity contribution in [1.29, 1.82) is 0 Å². The zero-order valence-corrected chi connectivity index (χ0v) is 25.2. The van der Waals surface area contributed by atoms with Gasteiger partial charge in [-0.1, -0.05) is 72.8 Å². The minimum Gasteiger partial charge on any atom is -0.343 e. The molecule has 6 nitrogen and oxygen atoms in total. The number of aryl methyl sites for hydroxylation is 2. The number of rotatable bonds is 2. The molecule has 0 saturated heterocycles. The molecule has 0 atom stereocenters. The Bertz CT molecular complexity index is 2670. The van der Waals surface area contributed by atoms with Gasteiger partial charge in [0.2, 0.25) is 0 Å². The lowest BCUT2D eigenvalue weighted by Gasteiger charge is -2.18. The first-order chi connectivity index (χ1) is 22.5. The zero-order chi connectivity index (χ0) is 31.1. The number of pyridine rings is 4. The van der Waals surface area contributed by atoms with Crippen LogP contribution < -0.4 is 10.9 Å². The minimum atomic E-state index is -0.0702. The molecule has 5 aromatic carbocycles. The maximum Gasteiger partial charge on any atom is 0.197 e. The third kappa shape index (κ3) is 3.58. The first-order valence-corrected chi connectivity index (χ1v) is 15.2. The van der Waals surface area contributed by atoms with E-state index in [1.54, 1.807) is 0 Å². The van der Waals surface area contributed by atoms with Crippen LogP contribution in [-0.4, -0.2) is 19.1 Å². The number of benzene rings is 5. The van der Waals surface area contributed by atoms with Gasteiger partial charge in [-0.05, 0) is 35.0 Å². The second-order valence-electron chi connectivity index (χ2n) is 11.9. The van der Waals surface area contributed by atoms with Gasteiger partial charge in [0, 0.05) is 93.5 Å². The van der Waals surface area contributed by atoms with Gasteiger partial charge in [-0.3, -0.25) is 19.6 Å². The molecule has 0 N–H and O–H groups in total. The van der Waals surface area contributed by atoms with Crippen LogP contribution in [0.1, 0.15) is 0 Å². The SMILES string of the molecule is Cn1c2cc3c(=O)c4cccc(-c5cncc6ccccc56)c4n(C)c3cc2c(=O)c2cccc(-c3cncc4ccccc34)c21. The second-order valence-corrected chi connectivity index (χ2v) is 11.9. The molecule has 6 heteroatoms. The molecule has 0 fully saturated rings. The molecule has 218 valence electrons. The molecule has 0 aliphatic rings. The van der Waals surface area contributed by atoms with Crippen LogP contribution in [0.5, 0.6) is 0 Å². The quantitative estimate of drug-likeness (QED) is 0.190. The van der Waals surface area contributed by atoms with E-state index in [0.717, 1.165) is 54.8 Å². The summed E-state index contributed by atoms with van der Waals surface area (Å²) in [6.07, 6.45) is 7.42. The number of aromatic nitrogens is 4. The lowest BCUT2D eigenvalue weighted by atomic mass is 9.96. The smallest absolute Gasteiger partial charge is 0.197 e. The molecule has 0 spiro atoms. The Balaban J connectivity index is 1.39. The summed E-state index contributed by atoms with van der Waals surface area (Å²) in [6, 6.07) is 31.7. The van der Waals surface area contributed by atoms with Crippen molar-refractivity contribution in [2.45, 2.75) is 0 Å². The maximum absolute atomic E-state index is 14.3. The van der Waals surface area contributed by atoms with E-state index in [1.165, 1.54) is 0 Å². The Hall–Kier alpha value is -6.14. The molecule has 0 unspecified atom stereocenters. The van der Waals surface area contributed by atoms with E-state index in [9.17, 15) is 9.59 Å².